The van der Waals surface area contributed by atoms with Gasteiger partial charge in [0.2, 0.25) is 0 Å². The lowest BCUT2D eigenvalue weighted by molar-refractivity contribution is 0.413. The third kappa shape index (κ3) is 6.31. The molecule has 1 N–H and O–H groups in total. The van der Waals surface area contributed by atoms with Gasteiger partial charge in [0, 0.05) is 16.7 Å². The van der Waals surface area contributed by atoms with Crippen LogP contribution in [-0.2, 0) is 0 Å². The number of unbranched alkanes of at least 4 members (excludes halogenated alkanes) is 2. The van der Waals surface area contributed by atoms with Gasteiger partial charge in [0.05, 0.1) is 7.11 Å². The molecule has 1 rings (SSSR count). The zero-order chi connectivity index (χ0) is 13.2. The molecule has 2 nitrogen and oxygen atoms in total. The number of nitrogens with one attached hydrogen (secondary N) is 1. The molecular formula is C15H25NOS. The van der Waals surface area contributed by atoms with Crippen molar-refractivity contribution in [2.45, 2.75) is 43.3 Å². The molecule has 102 valence electrons. The van der Waals surface area contributed by atoms with Crippen molar-refractivity contribution in [2.24, 2.45) is 0 Å². The molecule has 0 heterocycles. The molecule has 0 aliphatic heterocycles. The SMILES string of the molecule is CCCCCNCC(C)Sc1cccc(OC)c1. The van der Waals surface area contributed by atoms with Gasteiger partial charge >= 0.3 is 0 Å². The standard InChI is InChI=1S/C15H25NOS/c1-4-5-6-10-16-12-13(2)18-15-9-7-8-14(11-15)17-3/h7-9,11,13,16H,4-6,10,12H2,1-3H3. The van der Waals surface area contributed by atoms with Gasteiger partial charge in [-0.05, 0) is 31.2 Å². The maximum absolute atomic E-state index is 5.23. The Morgan fingerprint density at radius 1 is 1.33 bits per heavy atom. The molecule has 1 aromatic rings. The van der Waals surface area contributed by atoms with E-state index >= 15 is 0 Å². The molecular weight excluding hydrogens is 242 g/mol. The second-order valence-corrected chi connectivity index (χ2v) is 6.03. The molecule has 3 heteroatoms. The molecule has 18 heavy (non-hydrogen) atoms. The van der Waals surface area contributed by atoms with Crippen LogP contribution in [0.15, 0.2) is 29.2 Å². The lowest BCUT2D eigenvalue weighted by atomic mass is 10.2. The van der Waals surface area contributed by atoms with Crippen LogP contribution in [0.1, 0.15) is 33.1 Å². The van der Waals surface area contributed by atoms with Gasteiger partial charge in [-0.2, -0.15) is 0 Å². The van der Waals surface area contributed by atoms with E-state index in [0.717, 1.165) is 18.8 Å². The van der Waals surface area contributed by atoms with Crippen LogP contribution in [0.5, 0.6) is 5.75 Å². The fourth-order valence-electron chi connectivity index (χ4n) is 1.75. The van der Waals surface area contributed by atoms with Gasteiger partial charge in [0.15, 0.2) is 0 Å². The summed E-state index contributed by atoms with van der Waals surface area (Å²) >= 11 is 1.89. The van der Waals surface area contributed by atoms with Gasteiger partial charge in [0.25, 0.3) is 0 Å². The summed E-state index contributed by atoms with van der Waals surface area (Å²) in [6.07, 6.45) is 3.90. The highest BCUT2D eigenvalue weighted by molar-refractivity contribution is 8.00. The minimum Gasteiger partial charge on any atom is -0.497 e. The number of thioether (sulfide) groups is 1. The van der Waals surface area contributed by atoms with Crippen molar-refractivity contribution < 1.29 is 4.74 Å². The highest BCUT2D eigenvalue weighted by Gasteiger charge is 2.04. The van der Waals surface area contributed by atoms with Crippen LogP contribution in [0, 0.1) is 0 Å². The fraction of sp³-hybridized carbons (Fsp3) is 0.600. The van der Waals surface area contributed by atoms with E-state index in [1.54, 1.807) is 7.11 Å². The van der Waals surface area contributed by atoms with Crippen LogP contribution < -0.4 is 10.1 Å². The molecule has 0 amide bonds. The number of rotatable bonds is 9. The summed E-state index contributed by atoms with van der Waals surface area (Å²) in [5.74, 6) is 0.933. The first kappa shape index (κ1) is 15.4. The summed E-state index contributed by atoms with van der Waals surface area (Å²) in [4.78, 5) is 1.28. The summed E-state index contributed by atoms with van der Waals surface area (Å²) in [6, 6.07) is 8.26. The lowest BCUT2D eigenvalue weighted by Gasteiger charge is -2.13. The first-order chi connectivity index (χ1) is 8.76. The normalized spacial score (nSPS) is 12.4. The van der Waals surface area contributed by atoms with Crippen LogP contribution in [-0.4, -0.2) is 25.4 Å². The zero-order valence-electron chi connectivity index (χ0n) is 11.7. The van der Waals surface area contributed by atoms with Gasteiger partial charge in [-0.15, -0.1) is 11.8 Å². The average molecular weight is 267 g/mol. The third-order valence-corrected chi connectivity index (χ3v) is 3.86. The first-order valence-electron chi connectivity index (χ1n) is 6.77. The quantitative estimate of drug-likeness (QED) is 0.540. The Bertz CT molecular complexity index is 330. The van der Waals surface area contributed by atoms with Gasteiger partial charge in [-0.3, -0.25) is 0 Å². The highest BCUT2D eigenvalue weighted by Crippen LogP contribution is 2.26. The van der Waals surface area contributed by atoms with Crippen LogP contribution in [0.2, 0.25) is 0 Å². The molecule has 0 aromatic heterocycles. The molecule has 1 atom stereocenters. The number of hydrogen-bond donors (Lipinski definition) is 1. The van der Waals surface area contributed by atoms with E-state index in [2.05, 4.69) is 31.3 Å². The van der Waals surface area contributed by atoms with E-state index < -0.39 is 0 Å². The number of benzene rings is 1. The van der Waals surface area contributed by atoms with Crippen molar-refractivity contribution in [3.63, 3.8) is 0 Å². The van der Waals surface area contributed by atoms with Crippen molar-refractivity contribution >= 4 is 11.8 Å². The topological polar surface area (TPSA) is 21.3 Å². The Labute approximate surface area is 116 Å². The number of hydrogen-bond acceptors (Lipinski definition) is 3. The molecule has 1 aromatic carbocycles. The number of methoxy groups -OCH3 is 1. The van der Waals surface area contributed by atoms with E-state index in [4.69, 9.17) is 4.74 Å². The molecule has 0 aliphatic carbocycles. The Morgan fingerprint density at radius 3 is 2.89 bits per heavy atom. The van der Waals surface area contributed by atoms with Crippen molar-refractivity contribution in [2.75, 3.05) is 20.2 Å². The molecule has 0 radical (unpaired) electrons. The monoisotopic (exact) mass is 267 g/mol. The highest BCUT2D eigenvalue weighted by atomic mass is 32.2. The Morgan fingerprint density at radius 2 is 2.17 bits per heavy atom. The van der Waals surface area contributed by atoms with Gasteiger partial charge in [0.1, 0.15) is 5.75 Å². The van der Waals surface area contributed by atoms with Gasteiger partial charge < -0.3 is 10.1 Å². The van der Waals surface area contributed by atoms with E-state index in [0.29, 0.717) is 5.25 Å². The summed E-state index contributed by atoms with van der Waals surface area (Å²) < 4.78 is 5.23. The van der Waals surface area contributed by atoms with Crippen molar-refractivity contribution in [1.29, 1.82) is 0 Å². The molecule has 0 fully saturated rings. The second-order valence-electron chi connectivity index (χ2n) is 4.52. The van der Waals surface area contributed by atoms with E-state index in [1.807, 2.05) is 23.9 Å². The Hall–Kier alpha value is -0.670. The smallest absolute Gasteiger partial charge is 0.119 e. The minimum absolute atomic E-state index is 0.582. The summed E-state index contributed by atoms with van der Waals surface area (Å²) in [5.41, 5.74) is 0. The van der Waals surface area contributed by atoms with Gasteiger partial charge in [-0.1, -0.05) is 32.8 Å². The van der Waals surface area contributed by atoms with Crippen LogP contribution in [0.3, 0.4) is 0 Å². The largest absolute Gasteiger partial charge is 0.497 e. The minimum atomic E-state index is 0.582. The summed E-state index contributed by atoms with van der Waals surface area (Å²) in [7, 11) is 1.71. The maximum atomic E-state index is 5.23. The van der Waals surface area contributed by atoms with Crippen LogP contribution in [0.4, 0.5) is 0 Å². The van der Waals surface area contributed by atoms with E-state index in [1.165, 1.54) is 24.2 Å². The second kappa shape index (κ2) is 9.29. The van der Waals surface area contributed by atoms with Gasteiger partial charge in [-0.25, -0.2) is 0 Å². The van der Waals surface area contributed by atoms with Crippen molar-refractivity contribution in [3.8, 4) is 5.75 Å². The van der Waals surface area contributed by atoms with Crippen LogP contribution >= 0.6 is 11.8 Å². The lowest BCUT2D eigenvalue weighted by Crippen LogP contribution is -2.23. The Balaban J connectivity index is 2.24. The molecule has 0 saturated heterocycles. The van der Waals surface area contributed by atoms with Crippen molar-refractivity contribution in [3.05, 3.63) is 24.3 Å². The Kier molecular flexibility index (Phi) is 7.94. The summed E-state index contributed by atoms with van der Waals surface area (Å²) in [6.45, 7) is 6.70. The first-order valence-corrected chi connectivity index (χ1v) is 7.65. The molecule has 0 bridgehead atoms. The fourth-order valence-corrected chi connectivity index (χ4v) is 2.76. The van der Waals surface area contributed by atoms with Crippen LogP contribution in [0.25, 0.3) is 0 Å². The predicted molar refractivity (Wildman–Crippen MR) is 80.7 cm³/mol. The molecule has 1 unspecified atom stereocenters. The average Bonchev–Trinajstić information content (AvgIpc) is 2.38. The third-order valence-electron chi connectivity index (χ3n) is 2.77. The zero-order valence-corrected chi connectivity index (χ0v) is 12.6. The molecule has 0 aliphatic rings. The van der Waals surface area contributed by atoms with E-state index in [-0.39, 0.29) is 0 Å². The number of ether oxygens (including phenoxy) is 1. The molecule has 0 saturated carbocycles. The summed E-state index contributed by atoms with van der Waals surface area (Å²) in [5, 5.41) is 4.10. The molecule has 0 spiro atoms. The van der Waals surface area contributed by atoms with E-state index in [9.17, 15) is 0 Å². The maximum Gasteiger partial charge on any atom is 0.119 e. The predicted octanol–water partition coefficient (Wildman–Crippen LogP) is 3.96. The van der Waals surface area contributed by atoms with Crippen molar-refractivity contribution in [1.82, 2.24) is 5.32 Å².